The van der Waals surface area contributed by atoms with Gasteiger partial charge in [0.25, 0.3) is 0 Å². The first kappa shape index (κ1) is 19.0. The molecule has 0 aromatic heterocycles. The summed E-state index contributed by atoms with van der Waals surface area (Å²) in [6.07, 6.45) is 3.38. The molecule has 1 unspecified atom stereocenters. The van der Waals surface area contributed by atoms with E-state index in [9.17, 15) is 4.79 Å². The Balaban J connectivity index is 0.00000242. The lowest BCUT2D eigenvalue weighted by Crippen LogP contribution is -2.54. The van der Waals surface area contributed by atoms with E-state index in [0.717, 1.165) is 32.4 Å². The zero-order valence-electron chi connectivity index (χ0n) is 14.0. The van der Waals surface area contributed by atoms with Crippen LogP contribution in [0.25, 0.3) is 0 Å². The van der Waals surface area contributed by atoms with E-state index in [1.165, 1.54) is 11.1 Å². The molecule has 22 heavy (non-hydrogen) atoms. The second kappa shape index (κ2) is 7.98. The van der Waals surface area contributed by atoms with Crippen molar-refractivity contribution in [3.8, 4) is 0 Å². The number of carbonyl (C=O) groups is 1. The average Bonchev–Trinajstić information content (AvgIpc) is 2.48. The van der Waals surface area contributed by atoms with Gasteiger partial charge in [-0.1, -0.05) is 45.0 Å². The molecular weight excluding hydrogens is 296 g/mol. The van der Waals surface area contributed by atoms with Gasteiger partial charge in [0.05, 0.1) is 0 Å². The molecule has 124 valence electrons. The van der Waals surface area contributed by atoms with E-state index < -0.39 is 0 Å². The summed E-state index contributed by atoms with van der Waals surface area (Å²) < 4.78 is 0. The highest BCUT2D eigenvalue weighted by molar-refractivity contribution is 5.85. The summed E-state index contributed by atoms with van der Waals surface area (Å²) in [6, 6.07) is 8.79. The maximum atomic E-state index is 12.4. The van der Waals surface area contributed by atoms with Gasteiger partial charge < -0.3 is 10.6 Å². The summed E-state index contributed by atoms with van der Waals surface area (Å²) in [7, 11) is 0. The number of nitrogens with two attached hydrogens (primary N) is 1. The van der Waals surface area contributed by atoms with Gasteiger partial charge in [-0.15, -0.1) is 12.4 Å². The number of rotatable bonds is 4. The van der Waals surface area contributed by atoms with E-state index in [1.807, 2.05) is 4.90 Å². The van der Waals surface area contributed by atoms with Crippen molar-refractivity contribution in [2.45, 2.75) is 52.5 Å². The molecule has 4 heteroatoms. The molecule has 1 saturated heterocycles. The summed E-state index contributed by atoms with van der Waals surface area (Å²) in [5.41, 5.74) is 8.74. The van der Waals surface area contributed by atoms with Crippen LogP contribution in [-0.4, -0.2) is 29.9 Å². The molecule has 0 spiro atoms. The zero-order valence-corrected chi connectivity index (χ0v) is 14.8. The number of hydrogen-bond acceptors (Lipinski definition) is 2. The highest BCUT2D eigenvalue weighted by atomic mass is 35.5. The molecule has 1 aliphatic rings. The second-order valence-electron chi connectivity index (χ2n) is 6.87. The lowest BCUT2D eigenvalue weighted by molar-refractivity contribution is -0.134. The summed E-state index contributed by atoms with van der Waals surface area (Å²) in [5, 5.41) is 0. The van der Waals surface area contributed by atoms with Crippen LogP contribution in [0.15, 0.2) is 24.3 Å². The Morgan fingerprint density at radius 2 is 1.86 bits per heavy atom. The molecule has 0 bridgehead atoms. The fraction of sp³-hybridized carbons (Fsp3) is 0.611. The van der Waals surface area contributed by atoms with Crippen LogP contribution in [0.1, 0.15) is 44.7 Å². The van der Waals surface area contributed by atoms with Crippen molar-refractivity contribution in [3.63, 3.8) is 0 Å². The van der Waals surface area contributed by atoms with E-state index >= 15 is 0 Å². The molecule has 1 atom stereocenters. The molecule has 1 aromatic carbocycles. The minimum Gasteiger partial charge on any atom is -0.342 e. The summed E-state index contributed by atoms with van der Waals surface area (Å²) in [6.45, 7) is 8.04. The first-order valence-corrected chi connectivity index (χ1v) is 8.03. The van der Waals surface area contributed by atoms with Crippen LogP contribution in [0.2, 0.25) is 0 Å². The number of amides is 1. The number of likely N-dealkylation sites (tertiary alicyclic amines) is 1. The van der Waals surface area contributed by atoms with Gasteiger partial charge in [-0.25, -0.2) is 0 Å². The Labute approximate surface area is 140 Å². The van der Waals surface area contributed by atoms with Gasteiger partial charge in [0.15, 0.2) is 0 Å². The number of hydrogen-bond donors (Lipinski definition) is 1. The molecule has 3 nitrogen and oxygen atoms in total. The van der Waals surface area contributed by atoms with Crippen LogP contribution < -0.4 is 5.73 Å². The van der Waals surface area contributed by atoms with Crippen LogP contribution in [-0.2, 0) is 17.6 Å². The third-order valence-corrected chi connectivity index (χ3v) is 4.72. The topological polar surface area (TPSA) is 46.3 Å². The van der Waals surface area contributed by atoms with E-state index in [-0.39, 0.29) is 29.8 Å². The van der Waals surface area contributed by atoms with Gasteiger partial charge in [0.1, 0.15) is 0 Å². The molecule has 1 aliphatic heterocycles. The SMILES string of the molecule is CCc1ccc(CCC(=O)N2CCC(N)C(C)(C)C2)cc1.Cl. The smallest absolute Gasteiger partial charge is 0.222 e. The summed E-state index contributed by atoms with van der Waals surface area (Å²) in [4.78, 5) is 14.4. The number of aryl methyl sites for hydroxylation is 2. The Hall–Kier alpha value is -1.06. The third kappa shape index (κ3) is 4.72. The fourth-order valence-electron chi connectivity index (χ4n) is 2.94. The summed E-state index contributed by atoms with van der Waals surface area (Å²) >= 11 is 0. The molecular formula is C18H29ClN2O. The first-order valence-electron chi connectivity index (χ1n) is 8.03. The van der Waals surface area contributed by atoms with Gasteiger partial charge in [0.2, 0.25) is 5.91 Å². The molecule has 1 fully saturated rings. The van der Waals surface area contributed by atoms with Crippen LogP contribution in [0.4, 0.5) is 0 Å². The van der Waals surface area contributed by atoms with Crippen LogP contribution >= 0.6 is 12.4 Å². The minimum atomic E-state index is 0. The van der Waals surface area contributed by atoms with E-state index in [1.54, 1.807) is 0 Å². The highest BCUT2D eigenvalue weighted by Crippen LogP contribution is 2.28. The Morgan fingerprint density at radius 1 is 1.27 bits per heavy atom. The van der Waals surface area contributed by atoms with Crippen molar-refractivity contribution in [2.24, 2.45) is 11.1 Å². The van der Waals surface area contributed by atoms with Gasteiger partial charge in [-0.2, -0.15) is 0 Å². The maximum Gasteiger partial charge on any atom is 0.222 e. The fourth-order valence-corrected chi connectivity index (χ4v) is 2.94. The number of carbonyl (C=O) groups excluding carboxylic acids is 1. The highest BCUT2D eigenvalue weighted by Gasteiger charge is 2.34. The Kier molecular flexibility index (Phi) is 6.89. The lowest BCUT2D eigenvalue weighted by Gasteiger charge is -2.42. The van der Waals surface area contributed by atoms with E-state index in [0.29, 0.717) is 6.42 Å². The van der Waals surface area contributed by atoms with E-state index in [4.69, 9.17) is 5.73 Å². The third-order valence-electron chi connectivity index (χ3n) is 4.72. The quantitative estimate of drug-likeness (QED) is 0.924. The molecule has 1 amide bonds. The molecule has 2 rings (SSSR count). The van der Waals surface area contributed by atoms with Crippen LogP contribution in [0.5, 0.6) is 0 Å². The number of piperidine rings is 1. The largest absolute Gasteiger partial charge is 0.342 e. The predicted octanol–water partition coefficient (Wildman–Crippen LogP) is 3.19. The van der Waals surface area contributed by atoms with E-state index in [2.05, 4.69) is 45.0 Å². The van der Waals surface area contributed by atoms with Gasteiger partial charge in [-0.05, 0) is 35.8 Å². The van der Waals surface area contributed by atoms with Gasteiger partial charge >= 0.3 is 0 Å². The van der Waals surface area contributed by atoms with Gasteiger partial charge in [-0.3, -0.25) is 4.79 Å². The average molecular weight is 325 g/mol. The van der Waals surface area contributed by atoms with Crippen molar-refractivity contribution in [1.29, 1.82) is 0 Å². The lowest BCUT2D eigenvalue weighted by atomic mass is 9.79. The molecule has 1 aromatic rings. The van der Waals surface area contributed by atoms with Crippen molar-refractivity contribution in [1.82, 2.24) is 4.90 Å². The van der Waals surface area contributed by atoms with Crippen molar-refractivity contribution in [2.75, 3.05) is 13.1 Å². The molecule has 2 N–H and O–H groups in total. The van der Waals surface area contributed by atoms with Gasteiger partial charge in [0, 0.05) is 25.6 Å². The molecule has 0 radical (unpaired) electrons. The molecule has 1 heterocycles. The predicted molar refractivity (Wildman–Crippen MR) is 94.3 cm³/mol. The monoisotopic (exact) mass is 324 g/mol. The Bertz CT molecular complexity index is 484. The van der Waals surface area contributed by atoms with Crippen LogP contribution in [0, 0.1) is 5.41 Å². The normalized spacial score (nSPS) is 20.4. The number of halogens is 1. The summed E-state index contributed by atoms with van der Waals surface area (Å²) in [5.74, 6) is 0.259. The molecule has 0 aliphatic carbocycles. The van der Waals surface area contributed by atoms with Crippen molar-refractivity contribution < 1.29 is 4.79 Å². The minimum absolute atomic E-state index is 0. The van der Waals surface area contributed by atoms with Crippen LogP contribution in [0.3, 0.4) is 0 Å². The van der Waals surface area contributed by atoms with Crippen molar-refractivity contribution in [3.05, 3.63) is 35.4 Å². The maximum absolute atomic E-state index is 12.4. The molecule has 0 saturated carbocycles. The number of nitrogens with zero attached hydrogens (tertiary/aromatic N) is 1. The zero-order chi connectivity index (χ0) is 15.5. The second-order valence-corrected chi connectivity index (χ2v) is 6.87. The standard InChI is InChI=1S/C18H28N2O.ClH/c1-4-14-5-7-15(8-6-14)9-10-17(21)20-12-11-16(19)18(2,3)13-20;/h5-8,16H,4,9-13,19H2,1-3H3;1H. The number of benzene rings is 1. The first-order chi connectivity index (χ1) is 9.92. The van der Waals surface area contributed by atoms with Crippen molar-refractivity contribution >= 4 is 18.3 Å². The Morgan fingerprint density at radius 3 is 2.41 bits per heavy atom.